The number of sulfonamides is 1. The number of piperazine rings is 1. The molecule has 3 heterocycles. The van der Waals surface area contributed by atoms with Crippen LogP contribution in [-0.4, -0.2) is 65.5 Å². The lowest BCUT2D eigenvalue weighted by atomic mass is 10.1. The molecule has 1 saturated heterocycles. The molecule has 0 atom stereocenters. The number of nitrogens with one attached hydrogen (secondary N) is 1. The van der Waals surface area contributed by atoms with E-state index in [2.05, 4.69) is 9.97 Å². The molecular formula is C23H26Cl2N6O3S2. The molecule has 3 aromatic rings. The summed E-state index contributed by atoms with van der Waals surface area (Å²) in [6, 6.07) is 10.5. The number of hydrogen-bond donors (Lipinski definition) is 2. The number of halogens is 2. The molecule has 3 N–H and O–H groups in total. The molecule has 4 rings (SSSR count). The summed E-state index contributed by atoms with van der Waals surface area (Å²) in [5.74, 6) is -0.216. The van der Waals surface area contributed by atoms with Crippen LogP contribution >= 0.6 is 36.2 Å². The summed E-state index contributed by atoms with van der Waals surface area (Å²) in [4.78, 5) is 23.9. The predicted octanol–water partition coefficient (Wildman–Crippen LogP) is 3.40. The van der Waals surface area contributed by atoms with Crippen molar-refractivity contribution in [3.63, 3.8) is 0 Å². The van der Waals surface area contributed by atoms with E-state index in [9.17, 15) is 13.2 Å². The topological polar surface area (TPSA) is 133 Å². The van der Waals surface area contributed by atoms with Crippen molar-refractivity contribution in [3.05, 3.63) is 75.9 Å². The van der Waals surface area contributed by atoms with Crippen molar-refractivity contribution in [3.8, 4) is 10.6 Å². The number of rotatable bonds is 6. The smallest absolute Gasteiger partial charge is 0.265 e. The largest absolute Gasteiger partial charge is 0.384 e. The zero-order chi connectivity index (χ0) is 24.3. The van der Waals surface area contributed by atoms with Gasteiger partial charge >= 0.3 is 0 Å². The maximum Gasteiger partial charge on any atom is 0.265 e. The number of amides is 1. The van der Waals surface area contributed by atoms with Crippen molar-refractivity contribution in [2.24, 2.45) is 5.73 Å². The number of nitrogens with zero attached hydrogens (tertiary/aromatic N) is 4. The Bertz CT molecular complexity index is 1360. The van der Waals surface area contributed by atoms with Gasteiger partial charge in [-0.15, -0.1) is 36.2 Å². The Morgan fingerprint density at radius 3 is 2.42 bits per heavy atom. The maximum absolute atomic E-state index is 13.1. The Morgan fingerprint density at radius 2 is 1.78 bits per heavy atom. The number of nitrogen functional groups attached to an aromatic ring is 1. The van der Waals surface area contributed by atoms with Crippen molar-refractivity contribution in [2.45, 2.75) is 6.92 Å². The van der Waals surface area contributed by atoms with Gasteiger partial charge in [-0.25, -0.2) is 13.4 Å². The van der Waals surface area contributed by atoms with Crippen molar-refractivity contribution >= 4 is 64.0 Å². The fourth-order valence-electron chi connectivity index (χ4n) is 3.56. The average Bonchev–Trinajstić information content (AvgIpc) is 3.24. The molecule has 9 nitrogen and oxygen atoms in total. The lowest BCUT2D eigenvalue weighted by molar-refractivity contribution is 0.0702. The summed E-state index contributed by atoms with van der Waals surface area (Å²) in [6.45, 7) is 2.82. The SMILES string of the molecule is Cc1nc(-c2ccncc2)sc1C(=O)N1CCN(S(=O)(=O)C=Cc2cccc(C(=N)N)c2)CC1.Cl.Cl. The first-order valence-electron chi connectivity index (χ1n) is 10.5. The second kappa shape index (κ2) is 12.4. The standard InChI is InChI=1S/C23H24N6O3S2.2ClH/c1-16-20(33-22(27-16)18-5-8-26-9-6-18)23(30)28-10-12-29(13-11-28)34(31,32)14-7-17-3-2-4-19(15-17)21(24)25;;/h2-9,14-15H,10-13H2,1H3,(H3,24,25);2*1H. The number of thiazole rings is 1. The normalized spacial score (nSPS) is 14.2. The fraction of sp³-hybridized carbons (Fsp3) is 0.217. The molecule has 1 fully saturated rings. The Hall–Kier alpha value is -2.83. The number of carbonyl (C=O) groups excluding carboxylic acids is 1. The van der Waals surface area contributed by atoms with Gasteiger partial charge in [0.25, 0.3) is 5.91 Å². The van der Waals surface area contributed by atoms with Crippen molar-refractivity contribution < 1.29 is 13.2 Å². The highest BCUT2D eigenvalue weighted by Gasteiger charge is 2.29. The number of amidine groups is 1. The monoisotopic (exact) mass is 568 g/mol. The molecule has 0 unspecified atom stereocenters. The second-order valence-electron chi connectivity index (χ2n) is 7.75. The van der Waals surface area contributed by atoms with E-state index in [-0.39, 0.29) is 49.6 Å². The third-order valence-corrected chi connectivity index (χ3v) is 8.19. The van der Waals surface area contributed by atoms with E-state index in [0.717, 1.165) is 16.0 Å². The minimum absolute atomic E-state index is 0. The van der Waals surface area contributed by atoms with Gasteiger partial charge < -0.3 is 10.6 Å². The van der Waals surface area contributed by atoms with Crippen LogP contribution in [0.1, 0.15) is 26.5 Å². The van der Waals surface area contributed by atoms with Crippen LogP contribution in [0, 0.1) is 12.3 Å². The number of benzene rings is 1. The van der Waals surface area contributed by atoms with Crippen molar-refractivity contribution in [1.82, 2.24) is 19.2 Å². The minimum atomic E-state index is -3.65. The van der Waals surface area contributed by atoms with Gasteiger partial charge in [-0.2, -0.15) is 4.31 Å². The van der Waals surface area contributed by atoms with Crippen molar-refractivity contribution in [1.29, 1.82) is 5.41 Å². The molecular weight excluding hydrogens is 543 g/mol. The lowest BCUT2D eigenvalue weighted by Crippen LogP contribution is -2.50. The molecule has 0 spiro atoms. The van der Waals surface area contributed by atoms with Crippen molar-refractivity contribution in [2.75, 3.05) is 26.2 Å². The van der Waals surface area contributed by atoms with E-state index < -0.39 is 10.0 Å². The Morgan fingerprint density at radius 1 is 1.11 bits per heavy atom. The third-order valence-electron chi connectivity index (χ3n) is 5.43. The summed E-state index contributed by atoms with van der Waals surface area (Å²) in [5, 5.41) is 9.41. The summed E-state index contributed by atoms with van der Waals surface area (Å²) >= 11 is 1.33. The fourth-order valence-corrected chi connectivity index (χ4v) is 5.78. The lowest BCUT2D eigenvalue weighted by Gasteiger charge is -2.33. The first kappa shape index (κ1) is 29.4. The quantitative estimate of drug-likeness (QED) is 0.345. The molecule has 0 radical (unpaired) electrons. The molecule has 1 aliphatic heterocycles. The van der Waals surface area contributed by atoms with E-state index >= 15 is 0 Å². The van der Waals surface area contributed by atoms with E-state index in [0.29, 0.717) is 34.8 Å². The maximum atomic E-state index is 13.1. The third kappa shape index (κ3) is 6.68. The molecule has 0 aliphatic carbocycles. The number of carbonyl (C=O) groups is 1. The van der Waals surface area contributed by atoms with Gasteiger partial charge in [0, 0.05) is 55.1 Å². The molecule has 1 aromatic carbocycles. The van der Waals surface area contributed by atoms with Crippen LogP contribution in [0.5, 0.6) is 0 Å². The van der Waals surface area contributed by atoms with E-state index in [1.54, 1.807) is 48.5 Å². The number of aryl methyl sites for hydroxylation is 1. The van der Waals surface area contributed by atoms with E-state index in [1.165, 1.54) is 21.7 Å². The highest BCUT2D eigenvalue weighted by Crippen LogP contribution is 2.28. The molecule has 0 bridgehead atoms. The van der Waals surface area contributed by atoms with Gasteiger partial charge in [-0.05, 0) is 36.8 Å². The van der Waals surface area contributed by atoms with Crippen LogP contribution in [0.2, 0.25) is 0 Å². The molecule has 2 aromatic heterocycles. The molecule has 192 valence electrons. The molecule has 36 heavy (non-hydrogen) atoms. The summed E-state index contributed by atoms with van der Waals surface area (Å²) in [6.07, 6.45) is 4.85. The zero-order valence-electron chi connectivity index (χ0n) is 19.3. The van der Waals surface area contributed by atoms with E-state index in [1.807, 2.05) is 12.1 Å². The Kier molecular flexibility index (Phi) is 10.1. The molecule has 0 saturated carbocycles. The highest BCUT2D eigenvalue weighted by atomic mass is 35.5. The minimum Gasteiger partial charge on any atom is -0.384 e. The number of aromatic nitrogens is 2. The summed E-state index contributed by atoms with van der Waals surface area (Å²) < 4.78 is 27.0. The summed E-state index contributed by atoms with van der Waals surface area (Å²) in [7, 11) is -3.65. The van der Waals surface area contributed by atoms with Gasteiger partial charge in [0.2, 0.25) is 10.0 Å². The van der Waals surface area contributed by atoms with Crippen LogP contribution < -0.4 is 5.73 Å². The van der Waals surface area contributed by atoms with Crippen LogP contribution in [-0.2, 0) is 10.0 Å². The van der Waals surface area contributed by atoms with Gasteiger partial charge in [0.15, 0.2) is 0 Å². The van der Waals surface area contributed by atoms with Gasteiger partial charge in [0.05, 0.1) is 5.69 Å². The Labute approximate surface area is 226 Å². The predicted molar refractivity (Wildman–Crippen MR) is 147 cm³/mol. The van der Waals surface area contributed by atoms with Crippen LogP contribution in [0.3, 0.4) is 0 Å². The molecule has 1 aliphatic rings. The van der Waals surface area contributed by atoms with Crippen LogP contribution in [0.4, 0.5) is 0 Å². The number of nitrogens with two attached hydrogens (primary N) is 1. The average molecular weight is 570 g/mol. The first-order chi connectivity index (χ1) is 16.2. The van der Waals surface area contributed by atoms with Gasteiger partial charge in [0.1, 0.15) is 15.7 Å². The van der Waals surface area contributed by atoms with Gasteiger partial charge in [-0.3, -0.25) is 15.2 Å². The van der Waals surface area contributed by atoms with Gasteiger partial charge in [-0.1, -0.05) is 18.2 Å². The summed E-state index contributed by atoms with van der Waals surface area (Å²) in [5.41, 5.74) is 8.22. The Balaban J connectivity index is 0.00000228. The molecule has 1 amide bonds. The zero-order valence-corrected chi connectivity index (χ0v) is 22.6. The molecule has 13 heteroatoms. The first-order valence-corrected chi connectivity index (χ1v) is 12.9. The van der Waals surface area contributed by atoms with Crippen LogP contribution in [0.15, 0.2) is 54.2 Å². The van der Waals surface area contributed by atoms with E-state index in [4.69, 9.17) is 11.1 Å². The highest BCUT2D eigenvalue weighted by molar-refractivity contribution is 7.92. The second-order valence-corrected chi connectivity index (χ2v) is 10.6. The van der Waals surface area contributed by atoms with Crippen LogP contribution in [0.25, 0.3) is 16.6 Å². The number of hydrogen-bond acceptors (Lipinski definition) is 7. The number of pyridine rings is 1.